The van der Waals surface area contributed by atoms with Gasteiger partial charge in [-0.1, -0.05) is 31.5 Å². The van der Waals surface area contributed by atoms with Crippen molar-refractivity contribution in [2.45, 2.75) is 45.0 Å². The van der Waals surface area contributed by atoms with Crippen LogP contribution in [0.15, 0.2) is 30.3 Å². The summed E-state index contributed by atoms with van der Waals surface area (Å²) in [4.78, 5) is 16.5. The Kier molecular flexibility index (Phi) is 4.49. The lowest BCUT2D eigenvalue weighted by Gasteiger charge is -2.32. The fraction of sp³-hybridized carbons (Fsp3) is 0.375. The minimum Gasteiger partial charge on any atom is -0.491 e. The lowest BCUT2D eigenvalue weighted by Crippen LogP contribution is -2.30. The number of hydrogen-bond donors (Lipinski definition) is 1. The Labute approximate surface area is 184 Å². The van der Waals surface area contributed by atoms with E-state index in [9.17, 15) is 9.18 Å². The van der Waals surface area contributed by atoms with Gasteiger partial charge in [0.2, 0.25) is 0 Å². The van der Waals surface area contributed by atoms with Crippen molar-refractivity contribution in [3.63, 3.8) is 0 Å². The normalized spacial score (nSPS) is 21.2. The Morgan fingerprint density at radius 3 is 2.71 bits per heavy atom. The number of benzene rings is 2. The van der Waals surface area contributed by atoms with Gasteiger partial charge in [-0.3, -0.25) is 4.79 Å². The summed E-state index contributed by atoms with van der Waals surface area (Å²) in [5, 5.41) is 0.563. The average Bonchev–Trinajstić information content (AvgIpc) is 3.28. The summed E-state index contributed by atoms with van der Waals surface area (Å²) in [6.07, 6.45) is -0.159. The number of H-pyrrole nitrogens is 1. The van der Waals surface area contributed by atoms with Gasteiger partial charge in [-0.15, -0.1) is 0 Å². The van der Waals surface area contributed by atoms with Crippen molar-refractivity contribution in [3.8, 4) is 5.75 Å². The smallest absolute Gasteiger partial charge is 0.195 e. The molecule has 1 fully saturated rings. The molecule has 162 valence electrons. The van der Waals surface area contributed by atoms with Gasteiger partial charge >= 0.3 is 0 Å². The van der Waals surface area contributed by atoms with Crippen molar-refractivity contribution in [1.29, 1.82) is 0 Å². The van der Waals surface area contributed by atoms with E-state index in [-0.39, 0.29) is 22.4 Å². The molecule has 0 saturated carbocycles. The molecule has 0 spiro atoms. The second-order valence-corrected chi connectivity index (χ2v) is 9.49. The molecule has 0 amide bonds. The largest absolute Gasteiger partial charge is 0.491 e. The van der Waals surface area contributed by atoms with Crippen LogP contribution in [0.1, 0.15) is 54.9 Å². The molecule has 1 aliphatic heterocycles. The van der Waals surface area contributed by atoms with Gasteiger partial charge in [-0.25, -0.2) is 4.39 Å². The van der Waals surface area contributed by atoms with Crippen LogP contribution in [0.4, 0.5) is 4.39 Å². The van der Waals surface area contributed by atoms with Crippen molar-refractivity contribution < 1.29 is 23.4 Å². The number of ether oxygens (including phenoxy) is 3. The van der Waals surface area contributed by atoms with Crippen LogP contribution in [0.2, 0.25) is 5.02 Å². The van der Waals surface area contributed by atoms with Crippen LogP contribution in [0.5, 0.6) is 5.75 Å². The zero-order chi connectivity index (χ0) is 22.1. The molecule has 3 aromatic rings. The highest BCUT2D eigenvalue weighted by Gasteiger charge is 2.40. The predicted octanol–water partition coefficient (Wildman–Crippen LogP) is 5.36. The number of fused-ring (bicyclic) bond motifs is 4. The molecule has 1 N–H and O–H groups in total. The maximum Gasteiger partial charge on any atom is 0.195 e. The third-order valence-corrected chi connectivity index (χ3v) is 6.42. The van der Waals surface area contributed by atoms with Gasteiger partial charge in [0.15, 0.2) is 17.4 Å². The number of hydrogen-bond acceptors (Lipinski definition) is 4. The van der Waals surface area contributed by atoms with Crippen LogP contribution in [-0.2, 0) is 14.9 Å². The zero-order valence-corrected chi connectivity index (χ0v) is 18.5. The first kappa shape index (κ1) is 20.5. The van der Waals surface area contributed by atoms with Gasteiger partial charge in [0.25, 0.3) is 0 Å². The van der Waals surface area contributed by atoms with Crippen molar-refractivity contribution >= 4 is 28.3 Å². The Hall–Kier alpha value is -2.41. The molecule has 5 nitrogen and oxygen atoms in total. The quantitative estimate of drug-likeness (QED) is 0.592. The molecule has 2 aliphatic rings. The summed E-state index contributed by atoms with van der Waals surface area (Å²) in [7, 11) is 0. The first-order chi connectivity index (χ1) is 14.6. The molecule has 1 saturated heterocycles. The fourth-order valence-electron chi connectivity index (χ4n) is 4.54. The SMILES string of the molecule is CC1(C)OCC(COc2ccc3c(c2)C(C)(C)c2[nH]c4c(F)c(Cl)ccc4c2C3=O)O1. The lowest BCUT2D eigenvalue weighted by atomic mass is 9.71. The van der Waals surface area contributed by atoms with Crippen molar-refractivity contribution in [1.82, 2.24) is 4.98 Å². The highest BCUT2D eigenvalue weighted by Crippen LogP contribution is 2.45. The Morgan fingerprint density at radius 1 is 1.23 bits per heavy atom. The van der Waals surface area contributed by atoms with Gasteiger partial charge in [-0.2, -0.15) is 0 Å². The summed E-state index contributed by atoms with van der Waals surface area (Å²) in [5.74, 6) is -0.658. The van der Waals surface area contributed by atoms with Gasteiger partial charge in [0.05, 0.1) is 22.7 Å². The van der Waals surface area contributed by atoms with E-state index >= 15 is 0 Å². The Balaban J connectivity index is 1.52. The number of aromatic amines is 1. The van der Waals surface area contributed by atoms with Crippen LogP contribution in [-0.4, -0.2) is 35.9 Å². The molecule has 0 radical (unpaired) electrons. The Bertz CT molecular complexity index is 1230. The topological polar surface area (TPSA) is 60.5 Å². The average molecular weight is 444 g/mol. The molecular formula is C24H23ClFNO4. The second-order valence-electron chi connectivity index (χ2n) is 9.08. The van der Waals surface area contributed by atoms with Crippen molar-refractivity contribution in [2.24, 2.45) is 0 Å². The van der Waals surface area contributed by atoms with Gasteiger partial charge in [-0.05, 0) is 43.7 Å². The minimum absolute atomic E-state index is 0.0193. The Morgan fingerprint density at radius 2 is 2.00 bits per heavy atom. The zero-order valence-electron chi connectivity index (χ0n) is 17.8. The van der Waals surface area contributed by atoms with E-state index < -0.39 is 17.0 Å². The van der Waals surface area contributed by atoms with Crippen LogP contribution in [0.3, 0.4) is 0 Å². The van der Waals surface area contributed by atoms with Crippen molar-refractivity contribution in [2.75, 3.05) is 13.2 Å². The molecule has 2 aromatic carbocycles. The highest BCUT2D eigenvalue weighted by molar-refractivity contribution is 6.32. The van der Waals surface area contributed by atoms with E-state index in [1.54, 1.807) is 18.2 Å². The molecule has 31 heavy (non-hydrogen) atoms. The van der Waals surface area contributed by atoms with Gasteiger partial charge in [0.1, 0.15) is 18.5 Å². The molecular weight excluding hydrogens is 421 g/mol. The van der Waals surface area contributed by atoms with E-state index in [2.05, 4.69) is 4.98 Å². The molecule has 1 aliphatic carbocycles. The van der Waals surface area contributed by atoms with Crippen molar-refractivity contribution in [3.05, 3.63) is 63.6 Å². The summed E-state index contributed by atoms with van der Waals surface area (Å²) < 4.78 is 32.0. The van der Waals surface area contributed by atoms with Gasteiger partial charge < -0.3 is 19.2 Å². The standard InChI is InChI=1S/C24H23ClFNO4/c1-23(2)16-9-12(29-10-13-11-30-24(3,4)31-13)5-6-14(16)21(28)18-15-7-8-17(25)19(26)20(15)27-22(18)23/h5-9,13,27H,10-11H2,1-4H3. The highest BCUT2D eigenvalue weighted by atomic mass is 35.5. The van der Waals surface area contributed by atoms with E-state index in [1.807, 2.05) is 33.8 Å². The fourth-order valence-corrected chi connectivity index (χ4v) is 4.70. The molecule has 1 aromatic heterocycles. The predicted molar refractivity (Wildman–Crippen MR) is 116 cm³/mol. The van der Waals surface area contributed by atoms with Crippen LogP contribution in [0, 0.1) is 5.82 Å². The van der Waals surface area contributed by atoms with E-state index in [4.69, 9.17) is 25.8 Å². The molecule has 7 heteroatoms. The molecule has 5 rings (SSSR count). The maximum atomic E-state index is 14.6. The first-order valence-corrected chi connectivity index (χ1v) is 10.6. The number of carbonyl (C=O) groups excluding carboxylic acids is 1. The van der Waals surface area contributed by atoms with Crippen LogP contribution < -0.4 is 4.74 Å². The molecule has 1 atom stereocenters. The maximum absolute atomic E-state index is 14.6. The summed E-state index contributed by atoms with van der Waals surface area (Å²) in [5.41, 5.74) is 2.27. The molecule has 1 unspecified atom stereocenters. The number of carbonyl (C=O) groups is 1. The summed E-state index contributed by atoms with van der Waals surface area (Å²) >= 11 is 5.96. The minimum atomic E-state index is -0.609. The van der Waals surface area contributed by atoms with E-state index in [0.29, 0.717) is 41.2 Å². The summed E-state index contributed by atoms with van der Waals surface area (Å²) in [6, 6.07) is 8.61. The number of halogens is 2. The number of aromatic nitrogens is 1. The number of nitrogens with one attached hydrogen (secondary N) is 1. The second kappa shape index (κ2) is 6.79. The third kappa shape index (κ3) is 3.16. The van der Waals surface area contributed by atoms with Gasteiger partial charge in [0, 0.05) is 22.1 Å². The lowest BCUT2D eigenvalue weighted by molar-refractivity contribution is -0.141. The van der Waals surface area contributed by atoms with E-state index in [0.717, 1.165) is 5.56 Å². The summed E-state index contributed by atoms with van der Waals surface area (Å²) in [6.45, 7) is 8.56. The van der Waals surface area contributed by atoms with Crippen LogP contribution in [0.25, 0.3) is 10.9 Å². The number of ketones is 1. The number of rotatable bonds is 3. The molecule has 0 bridgehead atoms. The first-order valence-electron chi connectivity index (χ1n) is 10.2. The third-order valence-electron chi connectivity index (χ3n) is 6.13. The van der Waals surface area contributed by atoms with Crippen LogP contribution >= 0.6 is 11.6 Å². The molecule has 2 heterocycles. The van der Waals surface area contributed by atoms with E-state index in [1.165, 1.54) is 6.07 Å². The monoisotopic (exact) mass is 443 g/mol.